The molecular formula is C16H29NO3. The first-order valence-electron chi connectivity index (χ1n) is 7.97. The maximum Gasteiger partial charge on any atom is 0.411 e. The number of amides is 1. The van der Waals surface area contributed by atoms with Crippen molar-refractivity contribution in [2.24, 2.45) is 5.92 Å². The van der Waals surface area contributed by atoms with Gasteiger partial charge in [-0.25, -0.2) is 4.79 Å². The summed E-state index contributed by atoms with van der Waals surface area (Å²) in [5.74, 6) is 0.729. The number of hydrogen-bond donors (Lipinski definition) is 0. The maximum atomic E-state index is 12.0. The molecule has 1 aliphatic heterocycles. The zero-order valence-electron chi connectivity index (χ0n) is 13.4. The van der Waals surface area contributed by atoms with E-state index in [-0.39, 0.29) is 18.2 Å². The molecule has 1 heterocycles. The molecule has 1 saturated carbocycles. The summed E-state index contributed by atoms with van der Waals surface area (Å²) in [5, 5.41) is 0. The normalized spacial score (nSPS) is 27.5. The number of carbonyl (C=O) groups is 1. The van der Waals surface area contributed by atoms with E-state index in [1.807, 2.05) is 20.8 Å². The van der Waals surface area contributed by atoms with E-state index in [0.717, 1.165) is 12.5 Å². The monoisotopic (exact) mass is 283 g/mol. The van der Waals surface area contributed by atoms with E-state index >= 15 is 0 Å². The molecule has 1 amide bonds. The molecule has 20 heavy (non-hydrogen) atoms. The number of hydrogen-bond acceptors (Lipinski definition) is 3. The first kappa shape index (κ1) is 15.6. The Morgan fingerprint density at radius 2 is 1.80 bits per heavy atom. The molecule has 2 aliphatic rings. The second-order valence-electron chi connectivity index (χ2n) is 7.24. The van der Waals surface area contributed by atoms with Gasteiger partial charge in [-0.1, -0.05) is 19.3 Å². The lowest BCUT2D eigenvalue weighted by molar-refractivity contribution is 0.0348. The van der Waals surface area contributed by atoms with Crippen LogP contribution >= 0.6 is 0 Å². The van der Waals surface area contributed by atoms with Gasteiger partial charge in [0.15, 0.2) is 0 Å². The predicted molar refractivity (Wildman–Crippen MR) is 78.7 cm³/mol. The van der Waals surface area contributed by atoms with Gasteiger partial charge >= 0.3 is 6.09 Å². The standard InChI is InChI=1S/C16H29NO3/c1-12-14(17(12)15(18)20-16(2,3)4)11-19-10-13-8-6-5-7-9-13/h12-14H,5-11H2,1-4H3. The Morgan fingerprint density at radius 3 is 2.40 bits per heavy atom. The molecule has 1 aliphatic carbocycles. The van der Waals surface area contributed by atoms with Crippen LogP contribution in [-0.4, -0.2) is 41.9 Å². The van der Waals surface area contributed by atoms with Crippen molar-refractivity contribution in [3.8, 4) is 0 Å². The molecule has 0 radical (unpaired) electrons. The van der Waals surface area contributed by atoms with Gasteiger partial charge in [-0.2, -0.15) is 0 Å². The molecular weight excluding hydrogens is 254 g/mol. The Bertz CT molecular complexity index is 331. The SMILES string of the molecule is CC1C(COCC2CCCCC2)N1C(=O)OC(C)(C)C. The first-order chi connectivity index (χ1) is 9.38. The summed E-state index contributed by atoms with van der Waals surface area (Å²) < 4.78 is 11.2. The Kier molecular flexibility index (Phi) is 4.95. The summed E-state index contributed by atoms with van der Waals surface area (Å²) >= 11 is 0. The number of rotatable bonds is 4. The fraction of sp³-hybridized carbons (Fsp3) is 0.938. The van der Waals surface area contributed by atoms with Crippen LogP contribution in [0.2, 0.25) is 0 Å². The highest BCUT2D eigenvalue weighted by molar-refractivity contribution is 5.72. The van der Waals surface area contributed by atoms with E-state index in [0.29, 0.717) is 6.61 Å². The Morgan fingerprint density at radius 1 is 1.15 bits per heavy atom. The Labute approximate surface area is 122 Å². The van der Waals surface area contributed by atoms with Crippen molar-refractivity contribution in [2.45, 2.75) is 77.5 Å². The third-order valence-electron chi connectivity index (χ3n) is 4.23. The van der Waals surface area contributed by atoms with Crippen molar-refractivity contribution in [1.29, 1.82) is 0 Å². The van der Waals surface area contributed by atoms with E-state index in [1.54, 1.807) is 4.90 Å². The zero-order valence-corrected chi connectivity index (χ0v) is 13.4. The summed E-state index contributed by atoms with van der Waals surface area (Å²) in [6.07, 6.45) is 6.46. The fourth-order valence-corrected chi connectivity index (χ4v) is 2.96. The average molecular weight is 283 g/mol. The third kappa shape index (κ3) is 4.37. The molecule has 0 N–H and O–H groups in total. The molecule has 0 aromatic carbocycles. The zero-order chi connectivity index (χ0) is 14.8. The topological polar surface area (TPSA) is 38.5 Å². The molecule has 0 aromatic rings. The van der Waals surface area contributed by atoms with Gasteiger partial charge in [0, 0.05) is 6.61 Å². The predicted octanol–water partition coefficient (Wildman–Crippen LogP) is 3.59. The Balaban J connectivity index is 1.65. The Hall–Kier alpha value is -0.770. The van der Waals surface area contributed by atoms with Crippen LogP contribution in [0.4, 0.5) is 4.79 Å². The molecule has 0 spiro atoms. The van der Waals surface area contributed by atoms with Crippen molar-refractivity contribution < 1.29 is 14.3 Å². The van der Waals surface area contributed by atoms with Crippen molar-refractivity contribution >= 4 is 6.09 Å². The van der Waals surface area contributed by atoms with E-state index in [9.17, 15) is 4.79 Å². The minimum atomic E-state index is -0.424. The molecule has 0 bridgehead atoms. The summed E-state index contributed by atoms with van der Waals surface area (Å²) in [7, 11) is 0. The quantitative estimate of drug-likeness (QED) is 0.740. The van der Waals surface area contributed by atoms with Crippen molar-refractivity contribution in [1.82, 2.24) is 4.90 Å². The van der Waals surface area contributed by atoms with E-state index in [4.69, 9.17) is 9.47 Å². The lowest BCUT2D eigenvalue weighted by atomic mass is 9.90. The molecule has 2 fully saturated rings. The summed E-state index contributed by atoms with van der Waals surface area (Å²) in [6, 6.07) is 0.449. The van der Waals surface area contributed by atoms with Crippen molar-refractivity contribution in [3.63, 3.8) is 0 Å². The molecule has 116 valence electrons. The highest BCUT2D eigenvalue weighted by Gasteiger charge is 2.49. The van der Waals surface area contributed by atoms with Gasteiger partial charge in [0.05, 0.1) is 18.7 Å². The van der Waals surface area contributed by atoms with Crippen LogP contribution in [0.5, 0.6) is 0 Å². The van der Waals surface area contributed by atoms with Crippen LogP contribution in [-0.2, 0) is 9.47 Å². The highest BCUT2D eigenvalue weighted by atomic mass is 16.6. The van der Waals surface area contributed by atoms with Crippen LogP contribution in [0, 0.1) is 5.92 Å². The number of nitrogens with zero attached hydrogens (tertiary/aromatic N) is 1. The highest BCUT2D eigenvalue weighted by Crippen LogP contribution is 2.31. The van der Waals surface area contributed by atoms with Crippen molar-refractivity contribution in [3.05, 3.63) is 0 Å². The molecule has 2 rings (SSSR count). The van der Waals surface area contributed by atoms with E-state index in [1.165, 1.54) is 32.1 Å². The third-order valence-corrected chi connectivity index (χ3v) is 4.23. The second-order valence-corrected chi connectivity index (χ2v) is 7.24. The van der Waals surface area contributed by atoms with Crippen LogP contribution in [0.25, 0.3) is 0 Å². The van der Waals surface area contributed by atoms with Gasteiger partial charge in [-0.15, -0.1) is 0 Å². The average Bonchev–Trinajstić information content (AvgIpc) is 2.99. The largest absolute Gasteiger partial charge is 0.444 e. The molecule has 4 heteroatoms. The fourth-order valence-electron chi connectivity index (χ4n) is 2.96. The van der Waals surface area contributed by atoms with Gasteiger partial charge < -0.3 is 9.47 Å². The number of ether oxygens (including phenoxy) is 2. The maximum absolute atomic E-state index is 12.0. The minimum Gasteiger partial charge on any atom is -0.444 e. The second kappa shape index (κ2) is 6.33. The van der Waals surface area contributed by atoms with Gasteiger partial charge in [-0.05, 0) is 46.5 Å². The van der Waals surface area contributed by atoms with Gasteiger partial charge in [0.2, 0.25) is 0 Å². The lowest BCUT2D eigenvalue weighted by Crippen LogP contribution is -2.29. The minimum absolute atomic E-state index is 0.202. The molecule has 2 unspecified atom stereocenters. The van der Waals surface area contributed by atoms with Crippen LogP contribution in [0.1, 0.15) is 59.8 Å². The molecule has 0 aromatic heterocycles. The van der Waals surface area contributed by atoms with Gasteiger partial charge in [0.25, 0.3) is 0 Å². The summed E-state index contributed by atoms with van der Waals surface area (Å²) in [5.41, 5.74) is -0.424. The van der Waals surface area contributed by atoms with E-state index in [2.05, 4.69) is 6.92 Å². The number of carbonyl (C=O) groups excluding carboxylic acids is 1. The van der Waals surface area contributed by atoms with Crippen LogP contribution in [0.15, 0.2) is 0 Å². The van der Waals surface area contributed by atoms with Crippen LogP contribution < -0.4 is 0 Å². The summed E-state index contributed by atoms with van der Waals surface area (Å²) in [4.78, 5) is 13.7. The molecule has 1 saturated heterocycles. The van der Waals surface area contributed by atoms with Crippen LogP contribution in [0.3, 0.4) is 0 Å². The molecule has 4 nitrogen and oxygen atoms in total. The van der Waals surface area contributed by atoms with Gasteiger partial charge in [0.1, 0.15) is 5.60 Å². The molecule has 2 atom stereocenters. The van der Waals surface area contributed by atoms with Crippen molar-refractivity contribution in [2.75, 3.05) is 13.2 Å². The summed E-state index contributed by atoms with van der Waals surface area (Å²) in [6.45, 7) is 9.25. The lowest BCUT2D eigenvalue weighted by Gasteiger charge is -2.21. The smallest absolute Gasteiger partial charge is 0.411 e. The van der Waals surface area contributed by atoms with E-state index < -0.39 is 5.60 Å². The first-order valence-corrected chi connectivity index (χ1v) is 7.97. The van der Waals surface area contributed by atoms with Gasteiger partial charge in [-0.3, -0.25) is 4.90 Å².